The van der Waals surface area contributed by atoms with Gasteiger partial charge in [-0.25, -0.2) is 4.98 Å². The molecule has 2 nitrogen and oxygen atoms in total. The minimum absolute atomic E-state index is 0.149. The SMILES string of the molecule is CCCCCCCC(C)(C)c1c(C)ccn2cc(-c3ccsc3)nc12. The van der Waals surface area contributed by atoms with Gasteiger partial charge in [0.15, 0.2) is 0 Å². The van der Waals surface area contributed by atoms with E-state index in [1.165, 1.54) is 55.2 Å². The Labute approximate surface area is 155 Å². The zero-order chi connectivity index (χ0) is 17.9. The van der Waals surface area contributed by atoms with Gasteiger partial charge in [0.25, 0.3) is 0 Å². The van der Waals surface area contributed by atoms with Gasteiger partial charge in [-0.05, 0) is 41.8 Å². The minimum atomic E-state index is 0.149. The number of pyridine rings is 1. The van der Waals surface area contributed by atoms with Crippen LogP contribution in [0.4, 0.5) is 0 Å². The van der Waals surface area contributed by atoms with Crippen molar-refractivity contribution >= 4 is 17.0 Å². The highest BCUT2D eigenvalue weighted by Crippen LogP contribution is 2.35. The normalized spacial score (nSPS) is 12.2. The highest BCUT2D eigenvalue weighted by atomic mass is 32.1. The molecule has 0 fully saturated rings. The zero-order valence-corrected chi connectivity index (χ0v) is 16.8. The summed E-state index contributed by atoms with van der Waals surface area (Å²) in [5, 5.41) is 4.29. The maximum Gasteiger partial charge on any atom is 0.141 e. The summed E-state index contributed by atoms with van der Waals surface area (Å²) in [6.07, 6.45) is 12.2. The Morgan fingerprint density at radius 3 is 2.64 bits per heavy atom. The molecule has 0 amide bonds. The largest absolute Gasteiger partial charge is 0.306 e. The van der Waals surface area contributed by atoms with Crippen LogP contribution in [0.1, 0.15) is 70.4 Å². The summed E-state index contributed by atoms with van der Waals surface area (Å²) < 4.78 is 2.20. The number of imidazole rings is 1. The second-order valence-electron chi connectivity index (χ2n) is 7.79. The lowest BCUT2D eigenvalue weighted by molar-refractivity contribution is 0.443. The molecule has 0 aliphatic heterocycles. The molecular formula is C22H30N2S. The fraction of sp³-hybridized carbons (Fsp3) is 0.500. The van der Waals surface area contributed by atoms with Gasteiger partial charge in [-0.1, -0.05) is 52.9 Å². The van der Waals surface area contributed by atoms with E-state index in [-0.39, 0.29) is 5.41 Å². The number of nitrogens with zero attached hydrogens (tertiary/aromatic N) is 2. The second-order valence-corrected chi connectivity index (χ2v) is 8.57. The maximum absolute atomic E-state index is 5.01. The summed E-state index contributed by atoms with van der Waals surface area (Å²) in [7, 11) is 0. The lowest BCUT2D eigenvalue weighted by Gasteiger charge is -2.27. The van der Waals surface area contributed by atoms with Crippen molar-refractivity contribution in [2.45, 2.75) is 71.6 Å². The molecule has 3 rings (SSSR count). The summed E-state index contributed by atoms with van der Waals surface area (Å²) in [6.45, 7) is 9.27. The van der Waals surface area contributed by atoms with Crippen LogP contribution in [0, 0.1) is 6.92 Å². The molecule has 3 heteroatoms. The van der Waals surface area contributed by atoms with Crippen molar-refractivity contribution in [2.24, 2.45) is 0 Å². The van der Waals surface area contributed by atoms with Crippen LogP contribution in [-0.2, 0) is 5.41 Å². The lowest BCUT2D eigenvalue weighted by atomic mass is 9.78. The maximum atomic E-state index is 5.01. The van der Waals surface area contributed by atoms with Crippen molar-refractivity contribution in [1.29, 1.82) is 0 Å². The molecule has 0 N–H and O–H groups in total. The molecule has 3 aromatic heterocycles. The van der Waals surface area contributed by atoms with Crippen molar-refractivity contribution in [3.8, 4) is 11.3 Å². The number of thiophene rings is 1. The number of fused-ring (bicyclic) bond motifs is 1. The molecule has 134 valence electrons. The molecule has 0 spiro atoms. The predicted octanol–water partition coefficient (Wildman–Crippen LogP) is 7.01. The average Bonchev–Trinajstić information content (AvgIpc) is 3.23. The van der Waals surface area contributed by atoms with E-state index in [0.717, 1.165) is 11.3 Å². The first-order chi connectivity index (χ1) is 12.0. The molecule has 0 aliphatic rings. The van der Waals surface area contributed by atoms with Crippen LogP contribution in [0.3, 0.4) is 0 Å². The Morgan fingerprint density at radius 1 is 1.12 bits per heavy atom. The van der Waals surface area contributed by atoms with E-state index in [1.54, 1.807) is 11.3 Å². The van der Waals surface area contributed by atoms with E-state index < -0.39 is 0 Å². The van der Waals surface area contributed by atoms with E-state index in [1.807, 2.05) is 0 Å². The first-order valence-electron chi connectivity index (χ1n) is 9.54. The molecule has 0 aromatic carbocycles. The van der Waals surface area contributed by atoms with Crippen LogP contribution < -0.4 is 0 Å². The van der Waals surface area contributed by atoms with Crippen molar-refractivity contribution in [2.75, 3.05) is 0 Å². The van der Waals surface area contributed by atoms with Gasteiger partial charge in [-0.2, -0.15) is 11.3 Å². The van der Waals surface area contributed by atoms with Gasteiger partial charge in [0.2, 0.25) is 0 Å². The summed E-state index contributed by atoms with van der Waals surface area (Å²) >= 11 is 1.73. The number of hydrogen-bond acceptors (Lipinski definition) is 2. The fourth-order valence-corrected chi connectivity index (χ4v) is 4.47. The molecule has 25 heavy (non-hydrogen) atoms. The molecule has 0 radical (unpaired) electrons. The van der Waals surface area contributed by atoms with Crippen LogP contribution in [0.5, 0.6) is 0 Å². The van der Waals surface area contributed by atoms with E-state index in [9.17, 15) is 0 Å². The predicted molar refractivity (Wildman–Crippen MR) is 110 cm³/mol. The highest BCUT2D eigenvalue weighted by molar-refractivity contribution is 7.08. The van der Waals surface area contributed by atoms with Crippen LogP contribution in [-0.4, -0.2) is 9.38 Å². The molecule has 0 unspecified atom stereocenters. The molecule has 3 aromatic rings. The summed E-state index contributed by atoms with van der Waals surface area (Å²) in [5.74, 6) is 0. The topological polar surface area (TPSA) is 17.3 Å². The molecule has 0 aliphatic carbocycles. The highest BCUT2D eigenvalue weighted by Gasteiger charge is 2.26. The third-order valence-corrected chi connectivity index (χ3v) is 5.92. The first-order valence-corrected chi connectivity index (χ1v) is 10.5. The lowest BCUT2D eigenvalue weighted by Crippen LogP contribution is -2.20. The Balaban J connectivity index is 1.90. The molecule has 3 heterocycles. The summed E-state index contributed by atoms with van der Waals surface area (Å²) in [5.41, 5.74) is 6.33. The second kappa shape index (κ2) is 7.74. The standard InChI is InChI=1S/C22H30N2S/c1-5-6-7-8-9-12-22(3,4)20-17(2)10-13-24-15-19(23-21(20)24)18-11-14-25-16-18/h10-11,13-16H,5-9,12H2,1-4H3. The summed E-state index contributed by atoms with van der Waals surface area (Å²) in [4.78, 5) is 5.01. The van der Waals surface area contributed by atoms with E-state index in [2.05, 4.69) is 67.4 Å². The molecule has 0 saturated heterocycles. The molecule has 0 atom stereocenters. The molecular weight excluding hydrogens is 324 g/mol. The number of aromatic nitrogens is 2. The minimum Gasteiger partial charge on any atom is -0.306 e. The van der Waals surface area contributed by atoms with Crippen LogP contribution >= 0.6 is 11.3 Å². The third-order valence-electron chi connectivity index (χ3n) is 5.23. The Morgan fingerprint density at radius 2 is 1.92 bits per heavy atom. The quantitative estimate of drug-likeness (QED) is 0.398. The number of rotatable bonds is 8. The van der Waals surface area contributed by atoms with Gasteiger partial charge >= 0.3 is 0 Å². The van der Waals surface area contributed by atoms with Crippen LogP contribution in [0.25, 0.3) is 16.9 Å². The Kier molecular flexibility index (Phi) is 5.63. The van der Waals surface area contributed by atoms with Gasteiger partial charge in [-0.15, -0.1) is 0 Å². The fourth-order valence-electron chi connectivity index (χ4n) is 3.83. The smallest absolute Gasteiger partial charge is 0.141 e. The van der Waals surface area contributed by atoms with Crippen LogP contribution in [0.15, 0.2) is 35.3 Å². The monoisotopic (exact) mass is 354 g/mol. The van der Waals surface area contributed by atoms with Crippen molar-refractivity contribution in [1.82, 2.24) is 9.38 Å². The van der Waals surface area contributed by atoms with E-state index in [4.69, 9.17) is 4.98 Å². The number of aryl methyl sites for hydroxylation is 1. The van der Waals surface area contributed by atoms with Gasteiger partial charge in [0.1, 0.15) is 5.65 Å². The Hall–Kier alpha value is -1.61. The first kappa shape index (κ1) is 18.2. The van der Waals surface area contributed by atoms with E-state index >= 15 is 0 Å². The van der Waals surface area contributed by atoms with E-state index in [0.29, 0.717) is 0 Å². The molecule has 0 bridgehead atoms. The Bertz CT molecular complexity index is 812. The van der Waals surface area contributed by atoms with Gasteiger partial charge < -0.3 is 4.40 Å². The molecule has 0 saturated carbocycles. The van der Waals surface area contributed by atoms with Crippen molar-refractivity contribution in [3.63, 3.8) is 0 Å². The van der Waals surface area contributed by atoms with Gasteiger partial charge in [0.05, 0.1) is 5.69 Å². The van der Waals surface area contributed by atoms with Gasteiger partial charge in [-0.3, -0.25) is 0 Å². The van der Waals surface area contributed by atoms with Crippen molar-refractivity contribution in [3.05, 3.63) is 46.4 Å². The van der Waals surface area contributed by atoms with Gasteiger partial charge in [0, 0.05) is 28.9 Å². The van der Waals surface area contributed by atoms with Crippen LogP contribution in [0.2, 0.25) is 0 Å². The third kappa shape index (κ3) is 3.98. The number of hydrogen-bond donors (Lipinski definition) is 0. The number of unbranched alkanes of at least 4 members (excludes halogenated alkanes) is 4. The average molecular weight is 355 g/mol. The zero-order valence-electron chi connectivity index (χ0n) is 16.0. The summed E-state index contributed by atoms with van der Waals surface area (Å²) in [6, 6.07) is 4.39. The van der Waals surface area contributed by atoms with Crippen molar-refractivity contribution < 1.29 is 0 Å².